The molecule has 2 amide bonds. The lowest BCUT2D eigenvalue weighted by molar-refractivity contribution is 0.0203. The molecule has 1 aliphatic rings. The van der Waals surface area contributed by atoms with Crippen molar-refractivity contribution in [2.75, 3.05) is 18.4 Å². The molecule has 0 radical (unpaired) electrons. The van der Waals surface area contributed by atoms with Crippen LogP contribution in [0.2, 0.25) is 0 Å². The molecule has 1 saturated heterocycles. The minimum absolute atomic E-state index is 0.0464. The van der Waals surface area contributed by atoms with Crippen molar-refractivity contribution in [3.8, 4) is 11.8 Å². The van der Waals surface area contributed by atoms with Crippen molar-refractivity contribution in [2.45, 2.75) is 51.6 Å². The van der Waals surface area contributed by atoms with Crippen molar-refractivity contribution in [1.29, 1.82) is 5.26 Å². The minimum atomic E-state index is -0.544. The summed E-state index contributed by atoms with van der Waals surface area (Å²) < 4.78 is 7.37. The Balaban J connectivity index is 1.57. The molecule has 36 heavy (non-hydrogen) atoms. The Morgan fingerprint density at radius 1 is 1.08 bits per heavy atom. The molecule has 1 fully saturated rings. The van der Waals surface area contributed by atoms with Crippen LogP contribution in [-0.2, 0) is 11.2 Å². The second-order valence-electron chi connectivity index (χ2n) is 9.92. The van der Waals surface area contributed by atoms with Gasteiger partial charge in [0.05, 0.1) is 35.6 Å². The van der Waals surface area contributed by atoms with Crippen LogP contribution in [0, 0.1) is 11.3 Å². The van der Waals surface area contributed by atoms with E-state index in [4.69, 9.17) is 10.00 Å². The Morgan fingerprint density at radius 2 is 1.75 bits per heavy atom. The number of hydrogen-bond donors (Lipinski definition) is 1. The minimum Gasteiger partial charge on any atom is -0.444 e. The summed E-state index contributed by atoms with van der Waals surface area (Å²) in [5, 5.41) is 16.4. The largest absolute Gasteiger partial charge is 0.444 e. The number of carbonyl (C=O) groups excluding carboxylic acids is 2. The van der Waals surface area contributed by atoms with Gasteiger partial charge in [0.15, 0.2) is 0 Å². The summed E-state index contributed by atoms with van der Waals surface area (Å²) in [7, 11) is 0. The molecule has 1 aliphatic heterocycles. The van der Waals surface area contributed by atoms with Crippen molar-refractivity contribution in [3.05, 3.63) is 77.6 Å². The van der Waals surface area contributed by atoms with E-state index < -0.39 is 5.60 Å². The highest BCUT2D eigenvalue weighted by Gasteiger charge is 2.32. The molecule has 0 spiro atoms. The molecular weight excluding hydrogens is 454 g/mol. The number of nitriles is 1. The van der Waals surface area contributed by atoms with Gasteiger partial charge in [-0.15, -0.1) is 0 Å². The number of aromatic nitrogens is 2. The van der Waals surface area contributed by atoms with Crippen molar-refractivity contribution >= 4 is 17.7 Å². The summed E-state index contributed by atoms with van der Waals surface area (Å²) in [6, 6.07) is 19.1. The fraction of sp³-hybridized carbons (Fsp3) is 0.357. The van der Waals surface area contributed by atoms with E-state index in [1.165, 1.54) is 0 Å². The molecule has 0 unspecified atom stereocenters. The van der Waals surface area contributed by atoms with Crippen LogP contribution in [0.1, 0.15) is 61.1 Å². The summed E-state index contributed by atoms with van der Waals surface area (Å²) in [5.74, 6) is -0.195. The van der Waals surface area contributed by atoms with Gasteiger partial charge in [0.2, 0.25) is 0 Å². The number of nitrogens with one attached hydrogen (secondary N) is 1. The fourth-order valence-electron chi connectivity index (χ4n) is 4.36. The first-order valence-electron chi connectivity index (χ1n) is 12.1. The Kier molecular flexibility index (Phi) is 7.39. The summed E-state index contributed by atoms with van der Waals surface area (Å²) in [4.78, 5) is 27.6. The van der Waals surface area contributed by atoms with Crippen LogP contribution in [0.25, 0.3) is 5.69 Å². The summed E-state index contributed by atoms with van der Waals surface area (Å²) in [6.45, 7) is 6.66. The van der Waals surface area contributed by atoms with Crippen LogP contribution in [0.4, 0.5) is 10.5 Å². The standard InChI is InChI=1S/C28H31N5O3/c1-28(2,3)36-27(35)32-17-14-21(15-18-32)25-24(19-30-33(25)23-7-5-4-6-8-23)26(34)31-22-11-9-20(10-12-22)13-16-29/h4-12,19,21H,13-15,17-18H2,1-3H3,(H,31,34). The van der Waals surface area contributed by atoms with Crippen molar-refractivity contribution in [2.24, 2.45) is 0 Å². The summed E-state index contributed by atoms with van der Waals surface area (Å²) in [5.41, 5.74) is 3.23. The number of nitrogens with zero attached hydrogens (tertiary/aromatic N) is 4. The Hall–Kier alpha value is -4.12. The molecule has 8 nitrogen and oxygen atoms in total. The van der Waals surface area contributed by atoms with Crippen LogP contribution in [0.5, 0.6) is 0 Å². The predicted molar refractivity (Wildman–Crippen MR) is 137 cm³/mol. The highest BCUT2D eigenvalue weighted by atomic mass is 16.6. The van der Waals surface area contributed by atoms with Gasteiger partial charge in [-0.25, -0.2) is 9.48 Å². The van der Waals surface area contributed by atoms with Gasteiger partial charge in [0.25, 0.3) is 5.91 Å². The third-order valence-electron chi connectivity index (χ3n) is 6.08. The van der Waals surface area contributed by atoms with Gasteiger partial charge in [0.1, 0.15) is 5.60 Å². The van der Waals surface area contributed by atoms with Gasteiger partial charge >= 0.3 is 6.09 Å². The van der Waals surface area contributed by atoms with Crippen LogP contribution in [-0.4, -0.2) is 45.4 Å². The average molecular weight is 486 g/mol. The van der Waals surface area contributed by atoms with Gasteiger partial charge < -0.3 is 15.0 Å². The number of piperidine rings is 1. The fourth-order valence-corrected chi connectivity index (χ4v) is 4.36. The number of benzene rings is 2. The Labute approximate surface area is 211 Å². The van der Waals surface area contributed by atoms with E-state index in [9.17, 15) is 9.59 Å². The zero-order valence-corrected chi connectivity index (χ0v) is 20.9. The number of para-hydroxylation sites is 1. The second kappa shape index (κ2) is 10.6. The molecule has 186 valence electrons. The van der Waals surface area contributed by atoms with E-state index in [2.05, 4.69) is 16.5 Å². The molecular formula is C28H31N5O3. The number of rotatable bonds is 5. The zero-order valence-electron chi connectivity index (χ0n) is 20.9. The first-order chi connectivity index (χ1) is 17.2. The molecule has 0 saturated carbocycles. The van der Waals surface area contributed by atoms with E-state index in [1.54, 1.807) is 23.2 Å². The normalized spacial score (nSPS) is 14.2. The number of hydrogen-bond acceptors (Lipinski definition) is 5. The molecule has 0 aliphatic carbocycles. The van der Waals surface area contributed by atoms with Crippen molar-refractivity contribution < 1.29 is 14.3 Å². The number of likely N-dealkylation sites (tertiary alicyclic amines) is 1. The summed E-state index contributed by atoms with van der Waals surface area (Å²) >= 11 is 0. The molecule has 2 aromatic carbocycles. The van der Waals surface area contributed by atoms with Gasteiger partial charge in [-0.3, -0.25) is 4.79 Å². The Bertz CT molecular complexity index is 1250. The van der Waals surface area contributed by atoms with Crippen LogP contribution >= 0.6 is 0 Å². The van der Waals surface area contributed by atoms with E-state index in [0.29, 0.717) is 43.6 Å². The van der Waals surface area contributed by atoms with E-state index in [1.807, 2.05) is 67.9 Å². The molecule has 8 heteroatoms. The lowest BCUT2D eigenvalue weighted by Gasteiger charge is -2.34. The lowest BCUT2D eigenvalue weighted by Crippen LogP contribution is -2.41. The monoisotopic (exact) mass is 485 g/mol. The number of ether oxygens (including phenoxy) is 1. The third-order valence-corrected chi connectivity index (χ3v) is 6.08. The summed E-state index contributed by atoms with van der Waals surface area (Å²) in [6.07, 6.45) is 3.02. The SMILES string of the molecule is CC(C)(C)OC(=O)N1CCC(c2c(C(=O)Nc3ccc(CC#N)cc3)cnn2-c2ccccc2)CC1. The van der Waals surface area contributed by atoms with E-state index >= 15 is 0 Å². The molecule has 4 rings (SSSR count). The third kappa shape index (κ3) is 5.92. The molecule has 3 aromatic rings. The molecule has 1 aromatic heterocycles. The van der Waals surface area contributed by atoms with Crippen LogP contribution in [0.15, 0.2) is 60.8 Å². The quantitative estimate of drug-likeness (QED) is 0.528. The number of amides is 2. The van der Waals surface area contributed by atoms with Gasteiger partial charge in [-0.1, -0.05) is 30.3 Å². The van der Waals surface area contributed by atoms with Crippen LogP contribution < -0.4 is 5.32 Å². The number of carbonyl (C=O) groups is 2. The molecule has 1 N–H and O–H groups in total. The van der Waals surface area contributed by atoms with Crippen LogP contribution in [0.3, 0.4) is 0 Å². The predicted octanol–water partition coefficient (Wildman–Crippen LogP) is 5.31. The highest BCUT2D eigenvalue weighted by molar-refractivity contribution is 6.05. The van der Waals surface area contributed by atoms with Gasteiger partial charge in [-0.05, 0) is 63.4 Å². The average Bonchev–Trinajstić information content (AvgIpc) is 3.30. The topological polar surface area (TPSA) is 100 Å². The van der Waals surface area contributed by atoms with Crippen molar-refractivity contribution in [1.82, 2.24) is 14.7 Å². The first kappa shape index (κ1) is 25.0. The Morgan fingerprint density at radius 3 is 2.36 bits per heavy atom. The maximum absolute atomic E-state index is 13.4. The smallest absolute Gasteiger partial charge is 0.410 e. The molecule has 0 atom stereocenters. The zero-order chi connectivity index (χ0) is 25.7. The van der Waals surface area contributed by atoms with E-state index in [0.717, 1.165) is 16.9 Å². The molecule has 0 bridgehead atoms. The van der Waals surface area contributed by atoms with E-state index in [-0.39, 0.29) is 17.9 Å². The number of anilines is 1. The highest BCUT2D eigenvalue weighted by Crippen LogP contribution is 2.33. The maximum Gasteiger partial charge on any atom is 0.410 e. The van der Waals surface area contributed by atoms with Gasteiger partial charge in [0, 0.05) is 24.7 Å². The van der Waals surface area contributed by atoms with Crippen molar-refractivity contribution in [3.63, 3.8) is 0 Å². The van der Waals surface area contributed by atoms with Gasteiger partial charge in [-0.2, -0.15) is 10.4 Å². The lowest BCUT2D eigenvalue weighted by atomic mass is 9.90. The first-order valence-corrected chi connectivity index (χ1v) is 12.1. The second-order valence-corrected chi connectivity index (χ2v) is 9.92. The maximum atomic E-state index is 13.4. The molecule has 2 heterocycles.